The number of benzene rings is 2. The summed E-state index contributed by atoms with van der Waals surface area (Å²) in [5.74, 6) is 0.118. The minimum atomic E-state index is 0.118. The Kier molecular flexibility index (Phi) is 3.01. The summed E-state index contributed by atoms with van der Waals surface area (Å²) in [5.41, 5.74) is 6.00. The van der Waals surface area contributed by atoms with Crippen molar-refractivity contribution in [3.63, 3.8) is 0 Å². The Morgan fingerprint density at radius 1 is 1.11 bits per heavy atom. The van der Waals surface area contributed by atoms with Crippen LogP contribution in [0.2, 0.25) is 0 Å². The van der Waals surface area contributed by atoms with Crippen LogP contribution in [0.4, 0.5) is 5.69 Å². The Morgan fingerprint density at radius 2 is 2.00 bits per heavy atom. The van der Waals surface area contributed by atoms with Crippen molar-refractivity contribution in [2.24, 2.45) is 0 Å². The van der Waals surface area contributed by atoms with E-state index in [2.05, 4.69) is 11.1 Å². The Hall–Kier alpha value is -2.20. The van der Waals surface area contributed by atoms with Gasteiger partial charge < -0.3 is 10.8 Å². The standard InChI is InChI=1S/C15H12N2OS/c16-13-5-4-11(8-14(13)18)19-15-3-1-2-10-9-17-7-6-12(10)15/h1-9,18H,16H2. The summed E-state index contributed by atoms with van der Waals surface area (Å²) in [6, 6.07) is 13.4. The van der Waals surface area contributed by atoms with Gasteiger partial charge in [-0.3, -0.25) is 4.98 Å². The molecule has 3 N–H and O–H groups in total. The van der Waals surface area contributed by atoms with Crippen LogP contribution in [0.3, 0.4) is 0 Å². The van der Waals surface area contributed by atoms with Gasteiger partial charge in [0.15, 0.2) is 0 Å². The van der Waals surface area contributed by atoms with E-state index in [9.17, 15) is 5.11 Å². The monoisotopic (exact) mass is 268 g/mol. The molecule has 0 atom stereocenters. The minimum absolute atomic E-state index is 0.118. The summed E-state index contributed by atoms with van der Waals surface area (Å²) in [5, 5.41) is 11.9. The number of rotatable bonds is 2. The Balaban J connectivity index is 2.03. The van der Waals surface area contributed by atoms with Crippen molar-refractivity contribution in [3.8, 4) is 5.75 Å². The number of nitrogens with two attached hydrogens (primary N) is 1. The van der Waals surface area contributed by atoms with Crippen LogP contribution in [-0.4, -0.2) is 10.1 Å². The fraction of sp³-hybridized carbons (Fsp3) is 0. The van der Waals surface area contributed by atoms with Gasteiger partial charge in [-0.05, 0) is 35.7 Å². The van der Waals surface area contributed by atoms with Gasteiger partial charge >= 0.3 is 0 Å². The van der Waals surface area contributed by atoms with E-state index in [-0.39, 0.29) is 5.75 Å². The molecular weight excluding hydrogens is 256 g/mol. The molecule has 0 bridgehead atoms. The number of fused-ring (bicyclic) bond motifs is 1. The number of phenols is 1. The third-order valence-electron chi connectivity index (χ3n) is 2.87. The molecule has 0 amide bonds. The van der Waals surface area contributed by atoms with Crippen LogP contribution in [0.5, 0.6) is 5.75 Å². The molecule has 19 heavy (non-hydrogen) atoms. The molecule has 0 unspecified atom stereocenters. The molecule has 0 saturated carbocycles. The number of nitrogens with zero attached hydrogens (tertiary/aromatic N) is 1. The predicted molar refractivity (Wildman–Crippen MR) is 78.4 cm³/mol. The average Bonchev–Trinajstić information content (AvgIpc) is 2.43. The number of hydrogen-bond donors (Lipinski definition) is 2. The minimum Gasteiger partial charge on any atom is -0.506 e. The summed E-state index contributed by atoms with van der Waals surface area (Å²) in [4.78, 5) is 6.20. The molecule has 94 valence electrons. The number of anilines is 1. The highest BCUT2D eigenvalue weighted by Crippen LogP contribution is 2.35. The maximum Gasteiger partial charge on any atom is 0.139 e. The van der Waals surface area contributed by atoms with Gasteiger partial charge in [-0.2, -0.15) is 0 Å². The van der Waals surface area contributed by atoms with E-state index in [4.69, 9.17) is 5.73 Å². The smallest absolute Gasteiger partial charge is 0.139 e. The highest BCUT2D eigenvalue weighted by molar-refractivity contribution is 7.99. The number of aromatic nitrogens is 1. The van der Waals surface area contributed by atoms with E-state index in [1.54, 1.807) is 30.1 Å². The molecule has 0 aliphatic heterocycles. The van der Waals surface area contributed by atoms with Gasteiger partial charge in [-0.15, -0.1) is 0 Å². The third-order valence-corrected chi connectivity index (χ3v) is 3.94. The number of aromatic hydroxyl groups is 1. The molecule has 1 heterocycles. The second kappa shape index (κ2) is 4.82. The lowest BCUT2D eigenvalue weighted by Crippen LogP contribution is -1.85. The largest absolute Gasteiger partial charge is 0.506 e. The summed E-state index contributed by atoms with van der Waals surface area (Å²) in [6.45, 7) is 0. The molecular formula is C15H12N2OS. The zero-order valence-electron chi connectivity index (χ0n) is 10.1. The second-order valence-corrected chi connectivity index (χ2v) is 5.29. The van der Waals surface area contributed by atoms with Crippen molar-refractivity contribution in [3.05, 3.63) is 54.9 Å². The zero-order valence-corrected chi connectivity index (χ0v) is 10.9. The van der Waals surface area contributed by atoms with E-state index in [0.29, 0.717) is 5.69 Å². The van der Waals surface area contributed by atoms with Crippen molar-refractivity contribution in [1.82, 2.24) is 4.98 Å². The number of hydrogen-bond acceptors (Lipinski definition) is 4. The normalized spacial score (nSPS) is 10.7. The molecule has 0 aliphatic rings. The summed E-state index contributed by atoms with van der Waals surface area (Å²) in [7, 11) is 0. The Bertz CT molecular complexity index is 738. The van der Waals surface area contributed by atoms with Crippen molar-refractivity contribution >= 4 is 28.2 Å². The van der Waals surface area contributed by atoms with E-state index in [1.165, 1.54) is 0 Å². The first-order valence-electron chi connectivity index (χ1n) is 5.83. The molecule has 3 aromatic rings. The summed E-state index contributed by atoms with van der Waals surface area (Å²) < 4.78 is 0. The maximum atomic E-state index is 9.64. The molecule has 1 aromatic heterocycles. The molecule has 0 radical (unpaired) electrons. The fourth-order valence-corrected chi connectivity index (χ4v) is 2.90. The van der Waals surface area contributed by atoms with Gasteiger partial charge in [0.2, 0.25) is 0 Å². The average molecular weight is 268 g/mol. The van der Waals surface area contributed by atoms with Gasteiger partial charge in [0.1, 0.15) is 5.75 Å². The number of pyridine rings is 1. The third kappa shape index (κ3) is 2.35. The van der Waals surface area contributed by atoms with Crippen LogP contribution in [0.1, 0.15) is 0 Å². The van der Waals surface area contributed by atoms with Crippen LogP contribution < -0.4 is 5.73 Å². The first-order chi connectivity index (χ1) is 9.24. The zero-order chi connectivity index (χ0) is 13.2. The molecule has 4 heteroatoms. The fourth-order valence-electron chi connectivity index (χ4n) is 1.90. The van der Waals surface area contributed by atoms with Crippen LogP contribution in [-0.2, 0) is 0 Å². The van der Waals surface area contributed by atoms with Crippen molar-refractivity contribution < 1.29 is 5.11 Å². The lowest BCUT2D eigenvalue weighted by Gasteiger charge is -2.07. The molecule has 3 rings (SSSR count). The van der Waals surface area contributed by atoms with E-state index < -0.39 is 0 Å². The topological polar surface area (TPSA) is 59.1 Å². The SMILES string of the molecule is Nc1ccc(Sc2cccc3cnccc23)cc1O. The molecule has 3 nitrogen and oxygen atoms in total. The highest BCUT2D eigenvalue weighted by atomic mass is 32.2. The van der Waals surface area contributed by atoms with E-state index in [0.717, 1.165) is 20.6 Å². The maximum absolute atomic E-state index is 9.64. The first-order valence-corrected chi connectivity index (χ1v) is 6.65. The number of phenolic OH excluding ortho intramolecular Hbond substituents is 1. The van der Waals surface area contributed by atoms with Gasteiger partial charge in [0.05, 0.1) is 5.69 Å². The summed E-state index contributed by atoms with van der Waals surface area (Å²) in [6.07, 6.45) is 3.63. The van der Waals surface area contributed by atoms with E-state index in [1.807, 2.05) is 30.5 Å². The highest BCUT2D eigenvalue weighted by Gasteiger charge is 2.05. The lowest BCUT2D eigenvalue weighted by atomic mass is 10.2. The van der Waals surface area contributed by atoms with Crippen LogP contribution >= 0.6 is 11.8 Å². The number of nitrogen functional groups attached to an aromatic ring is 1. The van der Waals surface area contributed by atoms with Crippen LogP contribution in [0, 0.1) is 0 Å². The second-order valence-electron chi connectivity index (χ2n) is 4.18. The van der Waals surface area contributed by atoms with E-state index >= 15 is 0 Å². The summed E-state index contributed by atoms with van der Waals surface area (Å²) >= 11 is 1.60. The molecule has 0 spiro atoms. The molecule has 0 saturated heterocycles. The Morgan fingerprint density at radius 3 is 2.84 bits per heavy atom. The van der Waals surface area contributed by atoms with Gasteiger partial charge in [-0.1, -0.05) is 23.9 Å². The van der Waals surface area contributed by atoms with Crippen molar-refractivity contribution in [2.75, 3.05) is 5.73 Å². The van der Waals surface area contributed by atoms with Crippen molar-refractivity contribution in [2.45, 2.75) is 9.79 Å². The van der Waals surface area contributed by atoms with Crippen LogP contribution in [0.25, 0.3) is 10.8 Å². The van der Waals surface area contributed by atoms with Crippen molar-refractivity contribution in [1.29, 1.82) is 0 Å². The van der Waals surface area contributed by atoms with Crippen LogP contribution in [0.15, 0.2) is 64.6 Å². The quantitative estimate of drug-likeness (QED) is 0.550. The van der Waals surface area contributed by atoms with Gasteiger partial charge in [0, 0.05) is 27.6 Å². The molecule has 0 aliphatic carbocycles. The molecule has 0 fully saturated rings. The lowest BCUT2D eigenvalue weighted by molar-refractivity contribution is 0.476. The molecule has 2 aromatic carbocycles. The van der Waals surface area contributed by atoms with Gasteiger partial charge in [0.25, 0.3) is 0 Å². The Labute approximate surface area is 115 Å². The predicted octanol–water partition coefficient (Wildman–Crippen LogP) is 3.67. The van der Waals surface area contributed by atoms with Gasteiger partial charge in [-0.25, -0.2) is 0 Å². The first kappa shape index (κ1) is 11.9.